The van der Waals surface area contributed by atoms with E-state index in [1.165, 1.54) is 0 Å². The van der Waals surface area contributed by atoms with Crippen LogP contribution in [0.5, 0.6) is 0 Å². The van der Waals surface area contributed by atoms with Gasteiger partial charge >= 0.3 is 0 Å². The molecule has 0 aromatic heterocycles. The third-order valence-electron chi connectivity index (χ3n) is 2.66. The molecule has 0 aliphatic heterocycles. The summed E-state index contributed by atoms with van der Waals surface area (Å²) in [7, 11) is 1.65. The van der Waals surface area contributed by atoms with Crippen molar-refractivity contribution >= 4 is 0 Å². The molecule has 4 atom stereocenters. The molecule has 0 bridgehead atoms. The molecule has 6 nitrogen and oxygen atoms in total. The largest absolute Gasteiger partial charge is 0.382 e. The Morgan fingerprint density at radius 2 is 1.19 bits per heavy atom. The average Bonchev–Trinajstić information content (AvgIpc) is 2.45. The van der Waals surface area contributed by atoms with Gasteiger partial charge in [-0.2, -0.15) is 0 Å². The highest BCUT2D eigenvalue weighted by Crippen LogP contribution is 2.01. The SMILES string of the molecule is COCCOC[C@H](C)OC[C@H](C)OC[C@@H](C)OC[C@@H](C)N. The number of ether oxygens (including phenoxy) is 5. The molecular formula is C15H33NO5. The summed E-state index contributed by atoms with van der Waals surface area (Å²) in [5.41, 5.74) is 5.63. The van der Waals surface area contributed by atoms with Crippen molar-refractivity contribution in [1.82, 2.24) is 0 Å². The van der Waals surface area contributed by atoms with Crippen LogP contribution in [0.1, 0.15) is 27.7 Å². The molecule has 0 aromatic carbocycles. The number of hydrogen-bond acceptors (Lipinski definition) is 6. The van der Waals surface area contributed by atoms with E-state index in [4.69, 9.17) is 29.4 Å². The van der Waals surface area contributed by atoms with Crippen molar-refractivity contribution in [3.63, 3.8) is 0 Å². The number of rotatable bonds is 14. The van der Waals surface area contributed by atoms with Crippen LogP contribution in [0.4, 0.5) is 0 Å². The summed E-state index contributed by atoms with van der Waals surface area (Å²) in [6.07, 6.45) is 0.0979. The van der Waals surface area contributed by atoms with Crippen LogP contribution in [0.2, 0.25) is 0 Å². The molecule has 0 radical (unpaired) electrons. The molecule has 2 N–H and O–H groups in total. The molecule has 0 saturated carbocycles. The highest BCUT2D eigenvalue weighted by Gasteiger charge is 2.10. The minimum atomic E-state index is 0.0211. The van der Waals surface area contributed by atoms with E-state index in [2.05, 4.69) is 0 Å². The van der Waals surface area contributed by atoms with Crippen molar-refractivity contribution in [2.75, 3.05) is 46.8 Å². The molecule has 0 unspecified atom stereocenters. The van der Waals surface area contributed by atoms with Gasteiger partial charge in [0.15, 0.2) is 0 Å². The van der Waals surface area contributed by atoms with E-state index >= 15 is 0 Å². The van der Waals surface area contributed by atoms with Crippen molar-refractivity contribution in [1.29, 1.82) is 0 Å². The van der Waals surface area contributed by atoms with Crippen LogP contribution >= 0.6 is 0 Å². The highest BCUT2D eigenvalue weighted by atomic mass is 16.6. The molecule has 21 heavy (non-hydrogen) atoms. The number of methoxy groups -OCH3 is 1. The second kappa shape index (κ2) is 13.4. The standard InChI is InChI=1S/C15H33NO5/c1-12(16)8-19-14(3)10-21-15(4)11-20-13(2)9-18-7-6-17-5/h12-15H,6-11,16H2,1-5H3/t12-,13+,14-,15+/m1/s1. The zero-order valence-corrected chi connectivity index (χ0v) is 14.2. The Hall–Kier alpha value is -0.240. The average molecular weight is 307 g/mol. The lowest BCUT2D eigenvalue weighted by Crippen LogP contribution is -2.29. The summed E-state index contributed by atoms with van der Waals surface area (Å²) in [6, 6.07) is 0.0483. The molecule has 0 rings (SSSR count). The molecule has 0 aliphatic carbocycles. The Kier molecular flexibility index (Phi) is 13.3. The van der Waals surface area contributed by atoms with Crippen LogP contribution in [0.3, 0.4) is 0 Å². The van der Waals surface area contributed by atoms with Crippen LogP contribution in [0.15, 0.2) is 0 Å². The van der Waals surface area contributed by atoms with Crippen molar-refractivity contribution in [2.24, 2.45) is 5.73 Å². The van der Waals surface area contributed by atoms with Crippen molar-refractivity contribution in [3.8, 4) is 0 Å². The fourth-order valence-corrected chi connectivity index (χ4v) is 1.45. The summed E-state index contributed by atoms with van der Waals surface area (Å²) in [5, 5.41) is 0. The van der Waals surface area contributed by atoms with E-state index in [0.717, 1.165) is 0 Å². The first kappa shape index (κ1) is 20.8. The summed E-state index contributed by atoms with van der Waals surface area (Å²) in [5.74, 6) is 0. The molecule has 0 saturated heterocycles. The molecule has 0 aliphatic rings. The first-order valence-corrected chi connectivity index (χ1v) is 7.62. The smallest absolute Gasteiger partial charge is 0.0781 e. The second-order valence-corrected chi connectivity index (χ2v) is 5.48. The van der Waals surface area contributed by atoms with Gasteiger partial charge < -0.3 is 29.4 Å². The monoisotopic (exact) mass is 307 g/mol. The van der Waals surface area contributed by atoms with E-state index in [-0.39, 0.29) is 24.4 Å². The van der Waals surface area contributed by atoms with E-state index in [1.54, 1.807) is 7.11 Å². The lowest BCUT2D eigenvalue weighted by molar-refractivity contribution is -0.0822. The van der Waals surface area contributed by atoms with Crippen molar-refractivity contribution in [3.05, 3.63) is 0 Å². The Balaban J connectivity index is 3.53. The maximum Gasteiger partial charge on any atom is 0.0781 e. The maximum atomic E-state index is 5.68. The Labute approximate surface area is 129 Å². The van der Waals surface area contributed by atoms with Gasteiger partial charge in [-0.3, -0.25) is 0 Å². The lowest BCUT2D eigenvalue weighted by Gasteiger charge is -2.20. The third-order valence-corrected chi connectivity index (χ3v) is 2.66. The van der Waals surface area contributed by atoms with Crippen molar-refractivity contribution in [2.45, 2.75) is 52.0 Å². The van der Waals surface area contributed by atoms with Gasteiger partial charge in [0, 0.05) is 13.2 Å². The maximum absolute atomic E-state index is 5.68. The predicted octanol–water partition coefficient (Wildman–Crippen LogP) is 1.21. The molecule has 0 fully saturated rings. The van der Waals surface area contributed by atoms with Crippen LogP contribution in [-0.4, -0.2) is 71.1 Å². The molecule has 0 amide bonds. The van der Waals surface area contributed by atoms with Crippen LogP contribution in [-0.2, 0) is 23.7 Å². The summed E-state index contributed by atoms with van der Waals surface area (Å²) >= 11 is 0. The third kappa shape index (κ3) is 14.5. The van der Waals surface area contributed by atoms with Gasteiger partial charge in [-0.1, -0.05) is 0 Å². The molecule has 6 heteroatoms. The van der Waals surface area contributed by atoms with Gasteiger partial charge in [-0.05, 0) is 27.7 Å². The Morgan fingerprint density at radius 1 is 0.714 bits per heavy atom. The second-order valence-electron chi connectivity index (χ2n) is 5.48. The van der Waals surface area contributed by atoms with Crippen LogP contribution in [0, 0.1) is 0 Å². The number of nitrogens with two attached hydrogens (primary N) is 1. The highest BCUT2D eigenvalue weighted by molar-refractivity contribution is 4.57. The van der Waals surface area contributed by atoms with Crippen LogP contribution in [0.25, 0.3) is 0 Å². The number of hydrogen-bond donors (Lipinski definition) is 1. The Morgan fingerprint density at radius 3 is 1.67 bits per heavy atom. The van der Waals surface area contributed by atoms with Gasteiger partial charge in [0.25, 0.3) is 0 Å². The van der Waals surface area contributed by atoms with Crippen molar-refractivity contribution < 1.29 is 23.7 Å². The zero-order valence-electron chi connectivity index (χ0n) is 14.2. The van der Waals surface area contributed by atoms with E-state index in [1.807, 2.05) is 27.7 Å². The fourth-order valence-electron chi connectivity index (χ4n) is 1.45. The summed E-state index contributed by atoms with van der Waals surface area (Å²) < 4.78 is 27.2. The Bertz CT molecular complexity index is 228. The van der Waals surface area contributed by atoms with Gasteiger partial charge in [0.1, 0.15) is 0 Å². The van der Waals surface area contributed by atoms with Gasteiger partial charge in [0.2, 0.25) is 0 Å². The quantitative estimate of drug-likeness (QED) is 0.486. The zero-order chi connectivity index (χ0) is 16.1. The molecule has 0 aromatic rings. The van der Waals surface area contributed by atoms with Gasteiger partial charge in [0.05, 0.1) is 58.0 Å². The summed E-state index contributed by atoms with van der Waals surface area (Å²) in [6.45, 7) is 11.2. The molecular weight excluding hydrogens is 274 g/mol. The first-order chi connectivity index (χ1) is 9.95. The predicted molar refractivity (Wildman–Crippen MR) is 82.6 cm³/mol. The minimum Gasteiger partial charge on any atom is -0.382 e. The van der Waals surface area contributed by atoms with E-state index in [9.17, 15) is 0 Å². The molecule has 128 valence electrons. The topological polar surface area (TPSA) is 72.2 Å². The summed E-state index contributed by atoms with van der Waals surface area (Å²) in [4.78, 5) is 0. The lowest BCUT2D eigenvalue weighted by atomic mass is 10.3. The minimum absolute atomic E-state index is 0.0211. The normalized spacial score (nSPS) is 17.4. The van der Waals surface area contributed by atoms with Crippen LogP contribution < -0.4 is 5.73 Å². The first-order valence-electron chi connectivity index (χ1n) is 7.62. The molecule has 0 spiro atoms. The van der Waals surface area contributed by atoms with Gasteiger partial charge in [-0.15, -0.1) is 0 Å². The van der Waals surface area contributed by atoms with Gasteiger partial charge in [-0.25, -0.2) is 0 Å². The fraction of sp³-hybridized carbons (Fsp3) is 1.00. The van der Waals surface area contributed by atoms with E-state index < -0.39 is 0 Å². The molecule has 0 heterocycles. The van der Waals surface area contributed by atoms with E-state index in [0.29, 0.717) is 39.6 Å².